The van der Waals surface area contributed by atoms with E-state index in [-0.39, 0.29) is 0 Å². The minimum Gasteiger partial charge on any atom is -0.496 e. The summed E-state index contributed by atoms with van der Waals surface area (Å²) < 4.78 is 10.9. The molecule has 0 aromatic rings. The van der Waals surface area contributed by atoms with Crippen molar-refractivity contribution >= 4 is 0 Å². The van der Waals surface area contributed by atoms with E-state index in [0.717, 1.165) is 16.9 Å². The summed E-state index contributed by atoms with van der Waals surface area (Å²) in [5.74, 6) is 0.895. The van der Waals surface area contributed by atoms with E-state index in [1.54, 1.807) is 6.26 Å². The molecule has 2 nitrogen and oxygen atoms in total. The van der Waals surface area contributed by atoms with Crippen LogP contribution in [0, 0.1) is 0 Å². The van der Waals surface area contributed by atoms with Gasteiger partial charge in [0.15, 0.2) is 0 Å². The molecule has 0 N–H and O–H groups in total. The van der Waals surface area contributed by atoms with Crippen molar-refractivity contribution in [3.05, 3.63) is 59.6 Å². The highest BCUT2D eigenvalue weighted by molar-refractivity contribution is 5.48. The molecule has 0 fully saturated rings. The fourth-order valence-corrected chi connectivity index (χ4v) is 1.56. The summed E-state index contributed by atoms with van der Waals surface area (Å²) in [4.78, 5) is 0. The van der Waals surface area contributed by atoms with Crippen molar-refractivity contribution < 1.29 is 9.47 Å². The molecule has 0 atom stereocenters. The van der Waals surface area contributed by atoms with Gasteiger partial charge in [-0.3, -0.25) is 0 Å². The molecule has 2 aliphatic heterocycles. The molecule has 0 aromatic heterocycles. The molecule has 2 rings (SSSR count). The maximum Gasteiger partial charge on any atom is 0.137 e. The van der Waals surface area contributed by atoms with Gasteiger partial charge in [0.25, 0.3) is 0 Å². The van der Waals surface area contributed by atoms with Gasteiger partial charge in [0.1, 0.15) is 19.0 Å². The Balaban J connectivity index is 2.34. The SMILES string of the molecule is C/C=C\C1=C(C2=COCC=C2)OCC=C1. The van der Waals surface area contributed by atoms with Crippen LogP contribution in [0.4, 0.5) is 0 Å². The Hall–Kier alpha value is -1.70. The Kier molecular flexibility index (Phi) is 3.08. The molecule has 0 aromatic carbocycles. The van der Waals surface area contributed by atoms with E-state index in [0.29, 0.717) is 13.2 Å². The number of ether oxygens (including phenoxy) is 2. The Bertz CT molecular complexity index is 377. The molecule has 0 bridgehead atoms. The van der Waals surface area contributed by atoms with Crippen molar-refractivity contribution in [1.82, 2.24) is 0 Å². The average molecular weight is 202 g/mol. The molecule has 0 aliphatic carbocycles. The molecule has 2 heterocycles. The van der Waals surface area contributed by atoms with Crippen molar-refractivity contribution in [1.29, 1.82) is 0 Å². The molecular formula is C13H14O2. The summed E-state index contributed by atoms with van der Waals surface area (Å²) in [6.45, 7) is 3.27. The first-order valence-electron chi connectivity index (χ1n) is 5.07. The van der Waals surface area contributed by atoms with Gasteiger partial charge in [0.05, 0.1) is 11.8 Å². The summed E-state index contributed by atoms with van der Waals surface area (Å²) in [6, 6.07) is 0. The monoisotopic (exact) mass is 202 g/mol. The first-order valence-corrected chi connectivity index (χ1v) is 5.07. The zero-order valence-corrected chi connectivity index (χ0v) is 8.77. The van der Waals surface area contributed by atoms with Gasteiger partial charge in [-0.1, -0.05) is 18.2 Å². The van der Waals surface area contributed by atoms with Crippen molar-refractivity contribution in [2.45, 2.75) is 6.92 Å². The van der Waals surface area contributed by atoms with Gasteiger partial charge in [0.2, 0.25) is 0 Å². The molecule has 15 heavy (non-hydrogen) atoms. The number of rotatable bonds is 2. The third kappa shape index (κ3) is 2.21. The van der Waals surface area contributed by atoms with Crippen molar-refractivity contribution in [2.24, 2.45) is 0 Å². The Morgan fingerprint density at radius 3 is 2.80 bits per heavy atom. The lowest BCUT2D eigenvalue weighted by Gasteiger charge is -2.17. The second-order valence-electron chi connectivity index (χ2n) is 3.31. The first-order chi connectivity index (χ1) is 7.42. The third-order valence-electron chi connectivity index (χ3n) is 2.19. The predicted molar refractivity (Wildman–Crippen MR) is 60.1 cm³/mol. The lowest BCUT2D eigenvalue weighted by molar-refractivity contribution is 0.239. The van der Waals surface area contributed by atoms with Crippen LogP contribution in [-0.2, 0) is 9.47 Å². The second-order valence-corrected chi connectivity index (χ2v) is 3.31. The van der Waals surface area contributed by atoms with Crippen LogP contribution < -0.4 is 0 Å². The molecule has 0 spiro atoms. The highest BCUT2D eigenvalue weighted by atomic mass is 16.5. The van der Waals surface area contributed by atoms with Gasteiger partial charge >= 0.3 is 0 Å². The second kappa shape index (κ2) is 4.69. The van der Waals surface area contributed by atoms with Crippen LogP contribution in [0.25, 0.3) is 0 Å². The highest BCUT2D eigenvalue weighted by Crippen LogP contribution is 2.24. The van der Waals surface area contributed by atoms with Gasteiger partial charge in [-0.2, -0.15) is 0 Å². The molecule has 0 saturated heterocycles. The summed E-state index contributed by atoms with van der Waals surface area (Å²) in [6.07, 6.45) is 13.9. The first kappa shape index (κ1) is 9.84. The van der Waals surface area contributed by atoms with Crippen LogP contribution in [0.1, 0.15) is 6.92 Å². The average Bonchev–Trinajstić information content (AvgIpc) is 2.31. The molecular weight excluding hydrogens is 188 g/mol. The summed E-state index contributed by atoms with van der Waals surface area (Å²) in [5.41, 5.74) is 2.09. The fourth-order valence-electron chi connectivity index (χ4n) is 1.56. The van der Waals surface area contributed by atoms with Crippen LogP contribution in [0.2, 0.25) is 0 Å². The molecule has 78 valence electrons. The van der Waals surface area contributed by atoms with E-state index in [1.807, 2.05) is 37.3 Å². The van der Waals surface area contributed by atoms with E-state index in [4.69, 9.17) is 9.47 Å². The maximum atomic E-state index is 5.62. The van der Waals surface area contributed by atoms with Crippen LogP contribution in [0.15, 0.2) is 59.6 Å². The number of hydrogen-bond acceptors (Lipinski definition) is 2. The van der Waals surface area contributed by atoms with Crippen LogP contribution in [-0.4, -0.2) is 13.2 Å². The Morgan fingerprint density at radius 1 is 1.20 bits per heavy atom. The fraction of sp³-hybridized carbons (Fsp3) is 0.231. The standard InChI is InChI=1S/C13H14O2/c1-2-5-11-6-4-9-15-13(11)12-7-3-8-14-10-12/h2-7,10H,8-9H2,1H3/b5-2-. The van der Waals surface area contributed by atoms with Gasteiger partial charge in [-0.15, -0.1) is 0 Å². The van der Waals surface area contributed by atoms with E-state index >= 15 is 0 Å². The van der Waals surface area contributed by atoms with Crippen molar-refractivity contribution in [2.75, 3.05) is 13.2 Å². The Morgan fingerprint density at radius 2 is 2.07 bits per heavy atom. The lowest BCUT2D eigenvalue weighted by Crippen LogP contribution is -2.05. The topological polar surface area (TPSA) is 18.5 Å². The van der Waals surface area contributed by atoms with E-state index in [2.05, 4.69) is 6.08 Å². The molecule has 0 amide bonds. The molecule has 2 heteroatoms. The van der Waals surface area contributed by atoms with Crippen LogP contribution in [0.5, 0.6) is 0 Å². The lowest BCUT2D eigenvalue weighted by atomic mass is 10.1. The smallest absolute Gasteiger partial charge is 0.137 e. The van der Waals surface area contributed by atoms with Crippen molar-refractivity contribution in [3.63, 3.8) is 0 Å². The summed E-state index contributed by atoms with van der Waals surface area (Å²) >= 11 is 0. The molecule has 0 radical (unpaired) electrons. The van der Waals surface area contributed by atoms with Crippen LogP contribution in [0.3, 0.4) is 0 Å². The Labute approximate surface area is 89.9 Å². The van der Waals surface area contributed by atoms with Gasteiger partial charge < -0.3 is 9.47 Å². The van der Waals surface area contributed by atoms with Gasteiger partial charge in [-0.25, -0.2) is 0 Å². The zero-order chi connectivity index (χ0) is 10.5. The van der Waals surface area contributed by atoms with Crippen molar-refractivity contribution in [3.8, 4) is 0 Å². The maximum absolute atomic E-state index is 5.62. The highest BCUT2D eigenvalue weighted by Gasteiger charge is 2.12. The summed E-state index contributed by atoms with van der Waals surface area (Å²) in [7, 11) is 0. The normalized spacial score (nSPS) is 20.2. The van der Waals surface area contributed by atoms with E-state index in [1.165, 1.54) is 0 Å². The molecule has 2 aliphatic rings. The van der Waals surface area contributed by atoms with E-state index < -0.39 is 0 Å². The molecule has 0 unspecified atom stereocenters. The number of hydrogen-bond donors (Lipinski definition) is 0. The predicted octanol–water partition coefficient (Wildman–Crippen LogP) is 2.87. The summed E-state index contributed by atoms with van der Waals surface area (Å²) in [5, 5.41) is 0. The van der Waals surface area contributed by atoms with E-state index in [9.17, 15) is 0 Å². The molecule has 0 saturated carbocycles. The zero-order valence-electron chi connectivity index (χ0n) is 8.77. The minimum atomic E-state index is 0.627. The number of allylic oxidation sites excluding steroid dienone is 5. The largest absolute Gasteiger partial charge is 0.496 e. The van der Waals surface area contributed by atoms with Gasteiger partial charge in [0, 0.05) is 5.57 Å². The minimum absolute atomic E-state index is 0.627. The quantitative estimate of drug-likeness (QED) is 0.685. The van der Waals surface area contributed by atoms with Gasteiger partial charge in [-0.05, 0) is 25.2 Å². The third-order valence-corrected chi connectivity index (χ3v) is 2.19. The van der Waals surface area contributed by atoms with Crippen LogP contribution >= 0.6 is 0 Å².